The van der Waals surface area contributed by atoms with Gasteiger partial charge in [0.2, 0.25) is 17.7 Å². The minimum Gasteiger partial charge on any atom is -0.480 e. The molecular weight excluding hydrogens is 288 g/mol. The van der Waals surface area contributed by atoms with Gasteiger partial charge in [-0.2, -0.15) is 12.6 Å². The first kappa shape index (κ1) is 18.2. The lowest BCUT2D eigenvalue weighted by Crippen LogP contribution is -2.55. The van der Waals surface area contributed by atoms with Crippen LogP contribution in [0.1, 0.15) is 13.3 Å². The van der Waals surface area contributed by atoms with E-state index in [2.05, 4.69) is 23.3 Å². The number of carboxylic acids is 1. The maximum absolute atomic E-state index is 11.8. The zero-order chi connectivity index (χ0) is 15.9. The molecule has 0 saturated heterocycles. The molecule has 0 spiro atoms. The number of amides is 3. The van der Waals surface area contributed by atoms with Crippen molar-refractivity contribution in [2.75, 3.05) is 5.75 Å². The standard InChI is InChI=1S/C10H18N4O5S/c1-4(10(18)19)13-9(17)6(2-7(12)15)14-8(16)5(11)3-20/h4-6,20H,2-3,11H2,1H3,(H2,12,15)(H,13,17)(H,14,16)(H,18,19)/t4-,5-,6-/m0/s1. The van der Waals surface area contributed by atoms with Crippen LogP contribution in [0, 0.1) is 0 Å². The predicted octanol–water partition coefficient (Wildman–Crippen LogP) is -2.81. The van der Waals surface area contributed by atoms with Crippen molar-refractivity contribution in [2.24, 2.45) is 11.5 Å². The number of carboxylic acid groups (broad SMARTS) is 1. The van der Waals surface area contributed by atoms with Gasteiger partial charge in [0, 0.05) is 5.75 Å². The molecule has 7 N–H and O–H groups in total. The van der Waals surface area contributed by atoms with E-state index in [-0.39, 0.29) is 5.75 Å². The van der Waals surface area contributed by atoms with Crippen molar-refractivity contribution < 1.29 is 24.3 Å². The van der Waals surface area contributed by atoms with Gasteiger partial charge in [-0.25, -0.2) is 0 Å². The number of hydrogen-bond acceptors (Lipinski definition) is 6. The van der Waals surface area contributed by atoms with Crippen molar-refractivity contribution in [3.8, 4) is 0 Å². The minimum absolute atomic E-state index is 0.0439. The number of hydrogen-bond donors (Lipinski definition) is 6. The van der Waals surface area contributed by atoms with E-state index in [9.17, 15) is 19.2 Å². The highest BCUT2D eigenvalue weighted by molar-refractivity contribution is 7.80. The highest BCUT2D eigenvalue weighted by atomic mass is 32.1. The maximum Gasteiger partial charge on any atom is 0.325 e. The molecule has 0 aliphatic rings. The number of nitrogens with two attached hydrogens (primary N) is 2. The van der Waals surface area contributed by atoms with Gasteiger partial charge >= 0.3 is 5.97 Å². The smallest absolute Gasteiger partial charge is 0.325 e. The SMILES string of the molecule is C[C@H](NC(=O)[C@H](CC(N)=O)NC(=O)[C@@H](N)CS)C(=O)O. The Labute approximate surface area is 120 Å². The van der Waals surface area contributed by atoms with E-state index in [4.69, 9.17) is 16.6 Å². The van der Waals surface area contributed by atoms with Crippen molar-refractivity contribution in [2.45, 2.75) is 31.5 Å². The average molecular weight is 306 g/mol. The molecule has 3 atom stereocenters. The summed E-state index contributed by atoms with van der Waals surface area (Å²) in [5.41, 5.74) is 10.4. The molecule has 3 amide bonds. The Morgan fingerprint density at radius 2 is 1.75 bits per heavy atom. The van der Waals surface area contributed by atoms with Crippen molar-refractivity contribution in [3.63, 3.8) is 0 Å². The molecule has 0 unspecified atom stereocenters. The second-order valence-corrected chi connectivity index (χ2v) is 4.45. The Morgan fingerprint density at radius 3 is 2.15 bits per heavy atom. The number of primary amides is 1. The molecule has 0 fully saturated rings. The van der Waals surface area contributed by atoms with Gasteiger partial charge in [-0.1, -0.05) is 0 Å². The number of nitrogens with one attached hydrogen (secondary N) is 2. The van der Waals surface area contributed by atoms with Gasteiger partial charge in [0.25, 0.3) is 0 Å². The Hall–Kier alpha value is -1.81. The number of rotatable bonds is 8. The molecule has 0 aromatic carbocycles. The molecule has 0 aliphatic carbocycles. The van der Waals surface area contributed by atoms with Crippen LogP contribution >= 0.6 is 12.6 Å². The van der Waals surface area contributed by atoms with Gasteiger partial charge in [0.1, 0.15) is 12.1 Å². The molecule has 0 aliphatic heterocycles. The number of carbonyl (C=O) groups is 4. The van der Waals surface area contributed by atoms with E-state index in [1.165, 1.54) is 6.92 Å². The van der Waals surface area contributed by atoms with Crippen LogP contribution in [-0.2, 0) is 19.2 Å². The summed E-state index contributed by atoms with van der Waals surface area (Å²) >= 11 is 3.83. The van der Waals surface area contributed by atoms with E-state index in [0.29, 0.717) is 0 Å². The quantitative estimate of drug-likeness (QED) is 0.265. The van der Waals surface area contributed by atoms with Crippen molar-refractivity contribution in [3.05, 3.63) is 0 Å². The van der Waals surface area contributed by atoms with Crippen molar-refractivity contribution >= 4 is 36.3 Å². The summed E-state index contributed by atoms with van der Waals surface area (Å²) in [4.78, 5) is 44.9. The topological polar surface area (TPSA) is 165 Å². The minimum atomic E-state index is -1.28. The molecule has 0 aromatic rings. The maximum atomic E-state index is 11.8. The Balaban J connectivity index is 4.79. The lowest BCUT2D eigenvalue weighted by Gasteiger charge is -2.20. The van der Waals surface area contributed by atoms with Crippen LogP contribution < -0.4 is 22.1 Å². The molecular formula is C10H18N4O5S. The van der Waals surface area contributed by atoms with Crippen LogP contribution in [0.25, 0.3) is 0 Å². The third-order valence-electron chi connectivity index (χ3n) is 2.30. The predicted molar refractivity (Wildman–Crippen MR) is 72.8 cm³/mol. The fraction of sp³-hybridized carbons (Fsp3) is 0.600. The van der Waals surface area contributed by atoms with Gasteiger partial charge in [0.05, 0.1) is 12.5 Å². The lowest BCUT2D eigenvalue weighted by molar-refractivity contribution is -0.141. The highest BCUT2D eigenvalue weighted by Crippen LogP contribution is 1.96. The second kappa shape index (κ2) is 8.38. The van der Waals surface area contributed by atoms with E-state index in [1.807, 2.05) is 0 Å². The third kappa shape index (κ3) is 6.38. The molecule has 0 radical (unpaired) electrons. The zero-order valence-electron chi connectivity index (χ0n) is 10.8. The van der Waals surface area contributed by atoms with E-state index in [0.717, 1.165) is 0 Å². The number of carbonyl (C=O) groups excluding carboxylic acids is 3. The zero-order valence-corrected chi connectivity index (χ0v) is 11.7. The highest BCUT2D eigenvalue weighted by Gasteiger charge is 2.27. The average Bonchev–Trinajstić information content (AvgIpc) is 2.35. The molecule has 0 saturated carbocycles. The molecule has 0 aromatic heterocycles. The number of thiol groups is 1. The van der Waals surface area contributed by atoms with E-state index in [1.54, 1.807) is 0 Å². The Bertz CT molecular complexity index is 403. The summed E-state index contributed by atoms with van der Waals surface area (Å²) in [6.45, 7) is 1.24. The lowest BCUT2D eigenvalue weighted by atomic mass is 10.1. The Morgan fingerprint density at radius 1 is 1.20 bits per heavy atom. The van der Waals surface area contributed by atoms with Gasteiger partial charge in [-0.3, -0.25) is 19.2 Å². The van der Waals surface area contributed by atoms with Crippen LogP contribution in [0.5, 0.6) is 0 Å². The monoisotopic (exact) mass is 306 g/mol. The van der Waals surface area contributed by atoms with Crippen LogP contribution in [0.15, 0.2) is 0 Å². The molecule has 9 nitrogen and oxygen atoms in total. The molecule has 0 bridgehead atoms. The largest absolute Gasteiger partial charge is 0.480 e. The van der Waals surface area contributed by atoms with Crippen LogP contribution in [0.2, 0.25) is 0 Å². The third-order valence-corrected chi connectivity index (χ3v) is 2.69. The summed E-state index contributed by atoms with van der Waals surface area (Å²) in [5.74, 6) is -3.56. The molecule has 0 heterocycles. The fourth-order valence-corrected chi connectivity index (χ4v) is 1.31. The van der Waals surface area contributed by atoms with Crippen molar-refractivity contribution in [1.82, 2.24) is 10.6 Å². The fourth-order valence-electron chi connectivity index (χ4n) is 1.15. The van der Waals surface area contributed by atoms with Gasteiger partial charge in [0.15, 0.2) is 0 Å². The molecule has 0 rings (SSSR count). The second-order valence-electron chi connectivity index (χ2n) is 4.09. The van der Waals surface area contributed by atoms with Crippen LogP contribution in [0.3, 0.4) is 0 Å². The van der Waals surface area contributed by atoms with E-state index < -0.39 is 48.2 Å². The molecule has 114 valence electrons. The normalized spacial score (nSPS) is 14.8. The summed E-state index contributed by atoms with van der Waals surface area (Å²) in [7, 11) is 0. The summed E-state index contributed by atoms with van der Waals surface area (Å²) < 4.78 is 0. The van der Waals surface area contributed by atoms with Gasteiger partial charge in [-0.15, -0.1) is 0 Å². The van der Waals surface area contributed by atoms with Gasteiger partial charge in [-0.05, 0) is 6.92 Å². The summed E-state index contributed by atoms with van der Waals surface area (Å²) in [6.07, 6.45) is -0.469. The van der Waals surface area contributed by atoms with Gasteiger partial charge < -0.3 is 27.2 Å². The summed E-state index contributed by atoms with van der Waals surface area (Å²) in [5, 5.41) is 13.0. The first-order valence-electron chi connectivity index (χ1n) is 5.67. The molecule has 20 heavy (non-hydrogen) atoms. The van der Waals surface area contributed by atoms with E-state index >= 15 is 0 Å². The first-order valence-corrected chi connectivity index (χ1v) is 6.30. The van der Waals surface area contributed by atoms with Crippen LogP contribution in [0.4, 0.5) is 0 Å². The molecule has 10 heteroatoms. The first-order chi connectivity index (χ1) is 9.18. The Kier molecular flexibility index (Phi) is 7.62. The summed E-state index contributed by atoms with van der Waals surface area (Å²) in [6, 6.07) is -3.42. The van der Waals surface area contributed by atoms with Crippen molar-refractivity contribution in [1.29, 1.82) is 0 Å². The van der Waals surface area contributed by atoms with Crippen LogP contribution in [-0.4, -0.2) is 52.7 Å². The number of aliphatic carboxylic acids is 1.